The number of anilines is 4. The van der Waals surface area contributed by atoms with Gasteiger partial charge < -0.3 is 20.3 Å². The van der Waals surface area contributed by atoms with Crippen LogP contribution in [0.5, 0.6) is 5.75 Å². The van der Waals surface area contributed by atoms with E-state index in [-0.39, 0.29) is 54.5 Å². The number of piperidine rings is 2. The van der Waals surface area contributed by atoms with E-state index in [2.05, 4.69) is 16.0 Å². The van der Waals surface area contributed by atoms with Crippen molar-refractivity contribution in [1.29, 1.82) is 5.26 Å². The van der Waals surface area contributed by atoms with E-state index in [1.807, 2.05) is 34.9 Å². The number of hydrogen-bond acceptors (Lipinski definition) is 10. The normalized spacial score (nSPS) is 20.6. The third-order valence-electron chi connectivity index (χ3n) is 11.8. The highest BCUT2D eigenvalue weighted by atomic mass is 35.5. The van der Waals surface area contributed by atoms with E-state index in [1.165, 1.54) is 29.2 Å². The van der Waals surface area contributed by atoms with Gasteiger partial charge in [-0.15, -0.1) is 25.0 Å². The van der Waals surface area contributed by atoms with Gasteiger partial charge in [0.1, 0.15) is 23.1 Å². The second-order valence-electron chi connectivity index (χ2n) is 15.5. The first-order chi connectivity index (χ1) is 28.2. The van der Waals surface area contributed by atoms with Crippen LogP contribution in [0.2, 0.25) is 0 Å². The van der Waals surface area contributed by atoms with Crippen LogP contribution < -0.4 is 30.5 Å². The molecule has 2 atom stereocenters. The number of rotatable bonds is 12. The smallest absolute Gasteiger partial charge is 0.417 e. The lowest BCUT2D eigenvalue weighted by Crippen LogP contribution is -2.55. The number of thiol groups is 1. The minimum absolute atomic E-state index is 0. The number of nitrogens with zero attached hydrogens (tertiary/aromatic N) is 4. The maximum absolute atomic E-state index is 14.6. The summed E-state index contributed by atoms with van der Waals surface area (Å²) in [5, 5.41) is 17.2. The Morgan fingerprint density at radius 2 is 1.77 bits per heavy atom. The summed E-state index contributed by atoms with van der Waals surface area (Å²) in [6.45, 7) is 3.93. The molecular weight excluding hydrogens is 826 g/mol. The number of amides is 4. The van der Waals surface area contributed by atoms with Crippen molar-refractivity contribution < 1.29 is 41.5 Å². The molecule has 3 aliphatic heterocycles. The first kappa shape index (κ1) is 44.5. The Kier molecular flexibility index (Phi) is 13.6. The van der Waals surface area contributed by atoms with Crippen molar-refractivity contribution in [1.82, 2.24) is 10.2 Å². The Bertz CT molecular complexity index is 2180. The number of alkyl halides is 3. The molecule has 1 saturated carbocycles. The summed E-state index contributed by atoms with van der Waals surface area (Å²) in [7, 11) is 0. The second-order valence-corrected chi connectivity index (χ2v) is 16.0. The Morgan fingerprint density at radius 3 is 2.42 bits per heavy atom. The van der Waals surface area contributed by atoms with E-state index in [0.29, 0.717) is 68.4 Å². The van der Waals surface area contributed by atoms with E-state index >= 15 is 0 Å². The lowest BCUT2D eigenvalue weighted by atomic mass is 9.75. The van der Waals surface area contributed by atoms with Crippen LogP contribution in [0.4, 0.5) is 40.3 Å². The summed E-state index contributed by atoms with van der Waals surface area (Å²) in [6.07, 6.45) is 0.717. The predicted octanol–water partition coefficient (Wildman–Crippen LogP) is 7.03. The van der Waals surface area contributed by atoms with Crippen LogP contribution >= 0.6 is 25.0 Å². The molecule has 320 valence electrons. The van der Waals surface area contributed by atoms with Crippen molar-refractivity contribution in [3.8, 4) is 11.8 Å². The van der Waals surface area contributed by atoms with Crippen LogP contribution in [0.1, 0.15) is 75.0 Å². The predicted molar refractivity (Wildman–Crippen MR) is 223 cm³/mol. The van der Waals surface area contributed by atoms with Crippen LogP contribution in [0.3, 0.4) is 0 Å². The molecule has 1 spiro atoms. The van der Waals surface area contributed by atoms with Gasteiger partial charge >= 0.3 is 6.18 Å². The molecular formula is C42H46ClF4N7O5S. The molecule has 18 heteroatoms. The number of ether oxygens (including phenoxy) is 1. The third-order valence-corrected chi connectivity index (χ3v) is 12.3. The first-order valence-electron chi connectivity index (χ1n) is 19.8. The molecule has 2 unspecified atom stereocenters. The van der Waals surface area contributed by atoms with E-state index in [1.54, 1.807) is 6.07 Å². The summed E-state index contributed by atoms with van der Waals surface area (Å²) in [4.78, 5) is 55.7. The minimum atomic E-state index is -4.77. The molecule has 4 amide bonds. The molecule has 0 radical (unpaired) electrons. The zero-order valence-electron chi connectivity index (χ0n) is 32.8. The molecule has 3 aromatic rings. The molecule has 12 nitrogen and oxygen atoms in total. The van der Waals surface area contributed by atoms with Crippen molar-refractivity contribution in [2.75, 3.05) is 46.7 Å². The molecule has 3 aromatic carbocycles. The van der Waals surface area contributed by atoms with Crippen LogP contribution in [-0.2, 0) is 31.8 Å². The second kappa shape index (κ2) is 18.3. The van der Waals surface area contributed by atoms with Crippen molar-refractivity contribution >= 4 is 71.4 Å². The highest BCUT2D eigenvalue weighted by Gasteiger charge is 2.60. The highest BCUT2D eigenvalue weighted by Crippen LogP contribution is 2.51. The number of hydrogen-bond donors (Lipinski definition) is 4. The van der Waals surface area contributed by atoms with Crippen LogP contribution in [0.15, 0.2) is 54.6 Å². The molecule has 4 fully saturated rings. The number of benzene rings is 3. The molecule has 3 heterocycles. The van der Waals surface area contributed by atoms with Gasteiger partial charge in [-0.2, -0.15) is 18.4 Å². The van der Waals surface area contributed by atoms with Crippen LogP contribution in [-0.4, -0.2) is 71.8 Å². The maximum atomic E-state index is 14.6. The molecule has 7 rings (SSSR count). The fourth-order valence-corrected chi connectivity index (χ4v) is 9.01. The summed E-state index contributed by atoms with van der Waals surface area (Å²) in [6, 6.07) is 14.0. The number of carbonyl (C=O) groups is 4. The lowest BCUT2D eigenvalue weighted by Gasteiger charge is -2.44. The van der Waals surface area contributed by atoms with Crippen molar-refractivity contribution in [3.63, 3.8) is 0 Å². The van der Waals surface area contributed by atoms with Crippen molar-refractivity contribution in [3.05, 3.63) is 77.1 Å². The Hall–Kier alpha value is -5.05. The van der Waals surface area contributed by atoms with E-state index in [0.717, 1.165) is 43.4 Å². The van der Waals surface area contributed by atoms with Gasteiger partial charge in [0.25, 0.3) is 5.91 Å². The Balaban J connectivity index is 0.00000604. The van der Waals surface area contributed by atoms with Gasteiger partial charge in [0.15, 0.2) is 5.50 Å². The zero-order chi connectivity index (χ0) is 42.1. The lowest BCUT2D eigenvalue weighted by molar-refractivity contribution is -0.138. The van der Waals surface area contributed by atoms with E-state index < -0.39 is 46.1 Å². The Morgan fingerprint density at radius 1 is 1.03 bits per heavy atom. The van der Waals surface area contributed by atoms with Gasteiger partial charge in [0.2, 0.25) is 17.7 Å². The number of aryl methyl sites for hydroxylation is 1. The van der Waals surface area contributed by atoms with Gasteiger partial charge in [-0.05, 0) is 131 Å². The summed E-state index contributed by atoms with van der Waals surface area (Å²) >= 11 is 4.80. The standard InChI is InChI=1S/C42H45F4N7O5S.ClH/c1-2-26-20-30(53-40(59)52(39(57)41(53)15-3-16-41)29-6-4-27(23-47)31(22-29)42(44,45)46)7-10-35(26)58-19-14-25-12-17-51(18-13-25)24-37(55)49-34-21-28(5-8-32(34)43)48-33-9-11-36(54)50-38(33)56;/h4-8,10,20-22,25,33,40,48,59H,2-3,9,11-19,24H2,1H3,(H,49,55)(H,50,54,56);1H. The summed E-state index contributed by atoms with van der Waals surface area (Å²) in [5.41, 5.74) is -1.36. The number of imide groups is 1. The van der Waals surface area contributed by atoms with E-state index in [9.17, 15) is 42.0 Å². The van der Waals surface area contributed by atoms with Crippen LogP contribution in [0.25, 0.3) is 0 Å². The van der Waals surface area contributed by atoms with Gasteiger partial charge in [-0.25, -0.2) is 4.39 Å². The first-order valence-corrected chi connectivity index (χ1v) is 20.3. The number of nitrogens with one attached hydrogen (secondary N) is 3. The van der Waals surface area contributed by atoms with E-state index in [4.69, 9.17) is 17.4 Å². The summed E-state index contributed by atoms with van der Waals surface area (Å²) in [5.74, 6) is -1.01. The largest absolute Gasteiger partial charge is 0.493 e. The number of nitriles is 1. The molecule has 3 N–H and O–H groups in total. The molecule has 1 aliphatic carbocycles. The van der Waals surface area contributed by atoms with Crippen molar-refractivity contribution in [2.24, 2.45) is 5.92 Å². The average molecular weight is 872 g/mol. The molecule has 0 bridgehead atoms. The van der Waals surface area contributed by atoms with Crippen LogP contribution in [0, 0.1) is 23.1 Å². The monoisotopic (exact) mass is 871 g/mol. The highest BCUT2D eigenvalue weighted by molar-refractivity contribution is 7.81. The Labute approximate surface area is 356 Å². The minimum Gasteiger partial charge on any atom is -0.493 e. The number of likely N-dealkylation sites (tertiary alicyclic amines) is 1. The third kappa shape index (κ3) is 9.15. The number of halogens is 5. The number of carbonyl (C=O) groups excluding carboxylic acids is 4. The summed E-state index contributed by atoms with van der Waals surface area (Å²) < 4.78 is 62.4. The SMILES string of the molecule is CCc1cc(N2C(S)N(c3ccc(C#N)c(C(F)(F)F)c3)C(=O)C23CCC3)ccc1OCCC1CCN(CC(=O)Nc2cc(NC3CCC(=O)NC3=O)ccc2F)CC1.Cl. The van der Waals surface area contributed by atoms with Crippen molar-refractivity contribution in [2.45, 2.75) is 88.0 Å². The zero-order valence-corrected chi connectivity index (χ0v) is 34.5. The van der Waals surface area contributed by atoms with Gasteiger partial charge in [0, 0.05) is 23.5 Å². The van der Waals surface area contributed by atoms with Gasteiger partial charge in [-0.1, -0.05) is 6.92 Å². The van der Waals surface area contributed by atoms with Gasteiger partial charge in [0.05, 0.1) is 36.0 Å². The topological polar surface area (TPSA) is 147 Å². The quantitative estimate of drug-likeness (QED) is 0.0857. The fourth-order valence-electron chi connectivity index (χ4n) is 8.42. The molecule has 3 saturated heterocycles. The molecule has 60 heavy (non-hydrogen) atoms. The maximum Gasteiger partial charge on any atom is 0.417 e. The average Bonchev–Trinajstić information content (AvgIpc) is 3.43. The van der Waals surface area contributed by atoms with Gasteiger partial charge in [-0.3, -0.25) is 34.3 Å². The fraction of sp³-hybridized carbons (Fsp3) is 0.452. The molecule has 4 aliphatic rings. The molecule has 0 aromatic heterocycles.